The van der Waals surface area contributed by atoms with Crippen molar-refractivity contribution in [3.63, 3.8) is 0 Å². The van der Waals surface area contributed by atoms with Gasteiger partial charge in [0.25, 0.3) is 0 Å². The highest BCUT2D eigenvalue weighted by molar-refractivity contribution is 6.56. The van der Waals surface area contributed by atoms with Crippen LogP contribution in [0, 0.1) is 0 Å². The zero-order chi connectivity index (χ0) is 3.41. The van der Waals surface area contributed by atoms with Gasteiger partial charge in [-0.25, -0.2) is 0 Å². The molecule has 0 bridgehead atoms. The van der Waals surface area contributed by atoms with Gasteiger partial charge in [-0.3, -0.25) is 0 Å². The van der Waals surface area contributed by atoms with Crippen molar-refractivity contribution >= 4 is 17.3 Å². The third kappa shape index (κ3) is 1.76. The minimum Gasteiger partial charge on any atom is -0.145 e. The van der Waals surface area contributed by atoms with Crippen molar-refractivity contribution in [3.8, 4) is 0 Å². The Morgan fingerprint density at radius 1 is 2.00 bits per heavy atom. The van der Waals surface area contributed by atoms with Gasteiger partial charge < -0.3 is 0 Å². The van der Waals surface area contributed by atoms with Gasteiger partial charge in [-0.15, -0.1) is 5.21 Å². The quantitative estimate of drug-likeness (QED) is 0.300. The van der Waals surface area contributed by atoms with Gasteiger partial charge in [-0.1, -0.05) is 11.6 Å². The molecule has 0 unspecified atom stereocenters. The molecule has 0 aromatic rings. The molecular formula is CHClNO. The third-order valence-electron chi connectivity index (χ3n) is 0.0398. The van der Waals surface area contributed by atoms with Gasteiger partial charge in [0, 0.05) is 0 Å². The van der Waals surface area contributed by atoms with Crippen molar-refractivity contribution in [2.45, 2.75) is 0 Å². The lowest BCUT2D eigenvalue weighted by Crippen LogP contribution is -1.39. The highest BCUT2D eigenvalue weighted by Crippen LogP contribution is 1.55. The Kier molecular flexibility index (Phi) is 2.59. The Balaban J connectivity index is 2.55. The van der Waals surface area contributed by atoms with Gasteiger partial charge in [0.15, 0.2) is 0 Å². The lowest BCUT2D eigenvalue weighted by atomic mass is 11.7. The van der Waals surface area contributed by atoms with Crippen LogP contribution in [0.3, 0.4) is 0 Å². The molecule has 1 radical (unpaired) electrons. The van der Waals surface area contributed by atoms with Crippen LogP contribution in [0.4, 0.5) is 0 Å². The van der Waals surface area contributed by atoms with E-state index < -0.39 is 0 Å². The minimum absolute atomic E-state index is 0.667. The van der Waals surface area contributed by atoms with Crippen molar-refractivity contribution in [2.75, 3.05) is 0 Å². The van der Waals surface area contributed by atoms with Crippen LogP contribution < -0.4 is 0 Å². The molecule has 0 aromatic heterocycles. The largest absolute Gasteiger partial charge is 0.145 e. The maximum Gasteiger partial charge on any atom is 0.137 e. The Hall–Kier alpha value is -0.240. The molecule has 0 N–H and O–H groups in total. The first-order chi connectivity index (χ1) is 1.91. The van der Waals surface area contributed by atoms with Crippen LogP contribution in [0.25, 0.3) is 0 Å². The molecule has 2 nitrogen and oxygen atoms in total. The van der Waals surface area contributed by atoms with Crippen LogP contribution in [0.5, 0.6) is 0 Å². The SMILES string of the molecule is [O]/N=C/Cl. The summed E-state index contributed by atoms with van der Waals surface area (Å²) < 4.78 is 0. The summed E-state index contributed by atoms with van der Waals surface area (Å²) in [5.74, 6) is 0. The van der Waals surface area contributed by atoms with E-state index in [9.17, 15) is 0 Å². The molecule has 0 aliphatic rings. The second-order valence-corrected chi connectivity index (χ2v) is 0.398. The van der Waals surface area contributed by atoms with E-state index in [0.717, 1.165) is 0 Å². The smallest absolute Gasteiger partial charge is 0.137 e. The number of hydrogen-bond acceptors (Lipinski definition) is 1. The van der Waals surface area contributed by atoms with E-state index in [1.165, 1.54) is 0 Å². The summed E-state index contributed by atoms with van der Waals surface area (Å²) in [6, 6.07) is 0. The van der Waals surface area contributed by atoms with Crippen molar-refractivity contribution in [3.05, 3.63) is 0 Å². The van der Waals surface area contributed by atoms with Crippen LogP contribution in [-0.2, 0) is 5.21 Å². The van der Waals surface area contributed by atoms with Crippen molar-refractivity contribution in [2.24, 2.45) is 5.16 Å². The third-order valence-corrected chi connectivity index (χ3v) is 0.120. The predicted octanol–water partition coefficient (Wildman–Crippen LogP) is 0.599. The summed E-state index contributed by atoms with van der Waals surface area (Å²) in [6.45, 7) is 0. The first kappa shape index (κ1) is 3.76. The summed E-state index contributed by atoms with van der Waals surface area (Å²) in [4.78, 5) is 0. The normalized spacial score (nSPS) is 9.25. The van der Waals surface area contributed by atoms with Gasteiger partial charge in [-0.05, 0) is 5.16 Å². The van der Waals surface area contributed by atoms with Crippen molar-refractivity contribution in [1.29, 1.82) is 0 Å². The van der Waals surface area contributed by atoms with Crippen LogP contribution in [-0.4, -0.2) is 5.67 Å². The Morgan fingerprint density at radius 2 is 2.25 bits per heavy atom. The minimum atomic E-state index is 0.667. The lowest BCUT2D eigenvalue weighted by Gasteiger charge is -1.42. The number of halogens is 1. The van der Waals surface area contributed by atoms with E-state index in [1.807, 2.05) is 0 Å². The van der Waals surface area contributed by atoms with E-state index in [-0.39, 0.29) is 0 Å². The van der Waals surface area contributed by atoms with Crippen LogP contribution in [0.2, 0.25) is 0 Å². The van der Waals surface area contributed by atoms with Gasteiger partial charge in [0.2, 0.25) is 0 Å². The molecule has 0 atom stereocenters. The molecular weight excluding hydrogens is 77.5 g/mol. The number of hydrogen-bond donors (Lipinski definition) is 0. The summed E-state index contributed by atoms with van der Waals surface area (Å²) >= 11 is 4.58. The topological polar surface area (TPSA) is 32.3 Å². The summed E-state index contributed by atoms with van der Waals surface area (Å²) in [5, 5.41) is 10.9. The Morgan fingerprint density at radius 3 is 2.25 bits per heavy atom. The molecule has 0 saturated carbocycles. The summed E-state index contributed by atoms with van der Waals surface area (Å²) in [7, 11) is 0. The fourth-order valence-corrected chi connectivity index (χ4v) is 0. The van der Waals surface area contributed by atoms with E-state index >= 15 is 0 Å². The zero-order valence-electron chi connectivity index (χ0n) is 1.81. The molecule has 0 heterocycles. The van der Waals surface area contributed by atoms with Gasteiger partial charge in [0.1, 0.15) is 5.67 Å². The summed E-state index contributed by atoms with van der Waals surface area (Å²) in [5.41, 5.74) is 0.667. The molecule has 23 valence electrons. The number of rotatable bonds is 0. The van der Waals surface area contributed by atoms with Crippen molar-refractivity contribution in [1.82, 2.24) is 0 Å². The van der Waals surface area contributed by atoms with Gasteiger partial charge in [-0.2, -0.15) is 0 Å². The molecule has 0 rings (SSSR count). The average Bonchev–Trinajstić information content (AvgIpc) is 1.37. The second kappa shape index (κ2) is 2.76. The molecule has 3 heteroatoms. The van der Waals surface area contributed by atoms with Gasteiger partial charge in [0.05, 0.1) is 0 Å². The fourth-order valence-electron chi connectivity index (χ4n) is 0. The van der Waals surface area contributed by atoms with Crippen LogP contribution >= 0.6 is 11.6 Å². The van der Waals surface area contributed by atoms with E-state index in [4.69, 9.17) is 5.21 Å². The molecule has 0 spiro atoms. The maximum atomic E-state index is 8.74. The standard InChI is InChI=1S/CHClNO/c2-1-3-4/h1H/b3-1+. The van der Waals surface area contributed by atoms with Crippen LogP contribution in [0.15, 0.2) is 5.16 Å². The first-order valence-corrected chi connectivity index (χ1v) is 1.10. The zero-order valence-corrected chi connectivity index (χ0v) is 2.57. The Labute approximate surface area is 28.7 Å². The van der Waals surface area contributed by atoms with Crippen molar-refractivity contribution < 1.29 is 5.21 Å². The van der Waals surface area contributed by atoms with E-state index in [0.29, 0.717) is 5.67 Å². The van der Waals surface area contributed by atoms with E-state index in [2.05, 4.69) is 16.8 Å². The lowest BCUT2D eigenvalue weighted by molar-refractivity contribution is 0.212. The molecule has 0 aliphatic heterocycles. The average molecular weight is 78.5 g/mol. The molecule has 0 amide bonds. The summed E-state index contributed by atoms with van der Waals surface area (Å²) in [6.07, 6.45) is 0. The van der Waals surface area contributed by atoms with Crippen LogP contribution in [0.1, 0.15) is 0 Å². The molecule has 4 heavy (non-hydrogen) atoms. The number of nitrogens with zero attached hydrogens (tertiary/aromatic N) is 1. The maximum absolute atomic E-state index is 8.74. The predicted molar refractivity (Wildman–Crippen MR) is 15.0 cm³/mol. The molecule has 0 aromatic carbocycles. The first-order valence-electron chi connectivity index (χ1n) is 0.659. The Bertz CT molecular complexity index is 23.2. The highest BCUT2D eigenvalue weighted by Gasteiger charge is 1.42. The van der Waals surface area contributed by atoms with Gasteiger partial charge >= 0.3 is 0 Å². The molecule has 0 fully saturated rings. The fraction of sp³-hybridized carbons (Fsp3) is 0. The molecule has 0 aliphatic carbocycles. The molecule has 0 saturated heterocycles. The second-order valence-electron chi connectivity index (χ2n) is 0.203. The highest BCUT2D eigenvalue weighted by atomic mass is 35.5. The van der Waals surface area contributed by atoms with E-state index in [1.54, 1.807) is 0 Å². The monoisotopic (exact) mass is 78.0 g/mol.